The molecule has 30 heavy (non-hydrogen) atoms. The lowest BCUT2D eigenvalue weighted by atomic mass is 10.2. The quantitative estimate of drug-likeness (QED) is 0.186. The Morgan fingerprint density at radius 3 is 1.90 bits per heavy atom. The van der Waals surface area contributed by atoms with Crippen LogP contribution in [0.5, 0.6) is 11.5 Å². The van der Waals surface area contributed by atoms with Crippen molar-refractivity contribution in [3.63, 3.8) is 0 Å². The number of esters is 1. The van der Waals surface area contributed by atoms with Crippen molar-refractivity contribution in [2.45, 2.75) is 20.8 Å². The number of para-hydroxylation sites is 2. The highest BCUT2D eigenvalue weighted by Gasteiger charge is 2.04. The summed E-state index contributed by atoms with van der Waals surface area (Å²) in [5.74, 6) is 0.952. The van der Waals surface area contributed by atoms with E-state index in [0.717, 1.165) is 17.1 Å². The molecule has 170 valence electrons. The summed E-state index contributed by atoms with van der Waals surface area (Å²) >= 11 is 2.12. The van der Waals surface area contributed by atoms with Gasteiger partial charge in [0.25, 0.3) is 0 Å². The van der Waals surface area contributed by atoms with Gasteiger partial charge in [-0.3, -0.25) is 4.79 Å². The molecule has 5 unspecified atom stereocenters. The molecule has 0 saturated carbocycles. The molecule has 0 aliphatic carbocycles. The number of carbonyl (C=O) groups excluding carboxylic acids is 2. The first-order valence-corrected chi connectivity index (χ1v) is 16.7. The second-order valence-corrected chi connectivity index (χ2v) is 10.4. The van der Waals surface area contributed by atoms with Gasteiger partial charge in [0.1, 0.15) is 11.5 Å². The van der Waals surface area contributed by atoms with Crippen molar-refractivity contribution in [3.05, 3.63) is 57.7 Å². The van der Waals surface area contributed by atoms with Gasteiger partial charge >= 0.3 is 12.1 Å². The zero-order valence-corrected chi connectivity index (χ0v) is 26.5. The fourth-order valence-corrected chi connectivity index (χ4v) is 2.13. The van der Waals surface area contributed by atoms with Crippen molar-refractivity contribution in [2.24, 2.45) is 0 Å². The first kappa shape index (κ1) is 35.1. The monoisotopic (exact) mass is 639 g/mol. The van der Waals surface area contributed by atoms with Crippen molar-refractivity contribution in [1.82, 2.24) is 5.32 Å². The molecule has 5 atom stereocenters. The SMILES string of the molecule is CC(=O)Oc1ccccc1C.CCNC(=O)Oc1ccccc1I.P.PP.PPP. The number of carbonyl (C=O) groups is 2. The Kier molecular flexibility index (Phi) is 28.2. The third-order valence-electron chi connectivity index (χ3n) is 2.71. The van der Waals surface area contributed by atoms with Crippen LogP contribution in [0, 0.1) is 10.5 Å². The normalized spacial score (nSPS) is 8.27. The Bertz CT molecular complexity index is 725. The summed E-state index contributed by atoms with van der Waals surface area (Å²) in [7, 11) is 10.7. The Balaban J connectivity index is -0.000000392. The Hall–Kier alpha value is 0.490. The average Bonchev–Trinajstić information content (AvgIpc) is 2.68. The van der Waals surface area contributed by atoms with E-state index in [1.54, 1.807) is 12.1 Å². The van der Waals surface area contributed by atoms with Crippen molar-refractivity contribution >= 4 is 88.2 Å². The van der Waals surface area contributed by atoms with Crippen LogP contribution >= 0.6 is 76.2 Å². The molecular weight excluding hydrogens is 607 g/mol. The number of halogens is 1. The van der Waals surface area contributed by atoms with Gasteiger partial charge in [-0.05, 0) is 60.2 Å². The van der Waals surface area contributed by atoms with E-state index in [-0.39, 0.29) is 15.9 Å². The lowest BCUT2D eigenvalue weighted by Crippen LogP contribution is -2.26. The largest absolute Gasteiger partial charge is 0.426 e. The molecule has 2 aromatic carbocycles. The molecule has 0 radical (unpaired) electrons. The van der Waals surface area contributed by atoms with Gasteiger partial charge in [0, 0.05) is 13.5 Å². The number of rotatable bonds is 3. The fraction of sp³-hybridized carbons (Fsp3) is 0.222. The van der Waals surface area contributed by atoms with E-state index in [2.05, 4.69) is 63.6 Å². The highest BCUT2D eigenvalue weighted by molar-refractivity contribution is 14.1. The Morgan fingerprint density at radius 2 is 1.47 bits per heavy atom. The van der Waals surface area contributed by atoms with Gasteiger partial charge in [-0.25, -0.2) is 4.79 Å². The summed E-state index contributed by atoms with van der Waals surface area (Å²) in [5, 5.41) is 2.56. The van der Waals surface area contributed by atoms with Crippen LogP contribution in [0.2, 0.25) is 0 Å². The van der Waals surface area contributed by atoms with Crippen molar-refractivity contribution in [1.29, 1.82) is 0 Å². The molecule has 12 heteroatoms. The molecule has 0 bridgehead atoms. The molecule has 0 fully saturated rings. The minimum Gasteiger partial charge on any atom is -0.426 e. The molecule has 5 nitrogen and oxygen atoms in total. The number of ether oxygens (including phenoxy) is 2. The van der Waals surface area contributed by atoms with Crippen LogP contribution in [-0.4, -0.2) is 18.6 Å². The maximum Gasteiger partial charge on any atom is 0.412 e. The zero-order chi connectivity index (χ0) is 22.7. The maximum absolute atomic E-state index is 11.0. The van der Waals surface area contributed by atoms with Crippen molar-refractivity contribution < 1.29 is 19.1 Å². The van der Waals surface area contributed by atoms with Crippen LogP contribution in [0.3, 0.4) is 0 Å². The smallest absolute Gasteiger partial charge is 0.412 e. The highest BCUT2D eigenvalue weighted by Crippen LogP contribution is 2.28. The summed E-state index contributed by atoms with van der Waals surface area (Å²) in [5.41, 5.74) is 0.975. The predicted molar refractivity (Wildman–Crippen MR) is 160 cm³/mol. The molecule has 2 aromatic rings. The van der Waals surface area contributed by atoms with E-state index in [4.69, 9.17) is 9.47 Å². The summed E-state index contributed by atoms with van der Waals surface area (Å²) in [6, 6.07) is 14.8. The number of hydrogen-bond donors (Lipinski definition) is 1. The molecule has 0 aromatic heterocycles. The van der Waals surface area contributed by atoms with E-state index < -0.39 is 6.09 Å². The molecule has 0 saturated heterocycles. The van der Waals surface area contributed by atoms with Crippen LogP contribution in [-0.2, 0) is 4.79 Å². The topological polar surface area (TPSA) is 64.6 Å². The number of aryl methyl sites for hydroxylation is 1. The Morgan fingerprint density at radius 1 is 1.00 bits per heavy atom. The lowest BCUT2D eigenvalue weighted by Gasteiger charge is -2.05. The zero-order valence-electron chi connectivity index (χ0n) is 17.4. The first-order chi connectivity index (χ1) is 13.8. The molecule has 0 aliphatic rings. The summed E-state index contributed by atoms with van der Waals surface area (Å²) in [6.07, 6.45) is -0.411. The van der Waals surface area contributed by atoms with E-state index in [1.807, 2.05) is 50.2 Å². The predicted octanol–water partition coefficient (Wildman–Crippen LogP) is 6.27. The summed E-state index contributed by atoms with van der Waals surface area (Å²) in [4.78, 5) is 21.6. The van der Waals surface area contributed by atoms with E-state index in [0.29, 0.717) is 18.0 Å². The third-order valence-corrected chi connectivity index (χ3v) is 3.60. The van der Waals surface area contributed by atoms with Crippen LogP contribution < -0.4 is 14.8 Å². The van der Waals surface area contributed by atoms with Crippen molar-refractivity contribution in [2.75, 3.05) is 6.54 Å². The van der Waals surface area contributed by atoms with Gasteiger partial charge in [-0.2, -0.15) is 9.90 Å². The second-order valence-electron chi connectivity index (χ2n) is 4.88. The maximum atomic E-state index is 11.0. The standard InChI is InChI=1S/C9H10INO2.C9H10O2.H5P3.H4P2.H3P/c1-2-11-9(12)13-8-6-4-3-5-7(8)10;1-7-5-3-4-6-9(7)11-8(2)10;1-3-2;1-2;/h3-6H,2H2,1H3,(H,11,12);3-6H,1-2H3;3H,1-2H2;1-2H2;1H3. The molecule has 2 rings (SSSR count). The molecule has 0 heterocycles. The van der Waals surface area contributed by atoms with Gasteiger partial charge in [0.05, 0.1) is 3.57 Å². The highest BCUT2D eigenvalue weighted by atomic mass is 127. The van der Waals surface area contributed by atoms with Crippen LogP contribution in [0.15, 0.2) is 48.5 Å². The van der Waals surface area contributed by atoms with Crippen LogP contribution in [0.25, 0.3) is 0 Å². The number of nitrogens with one attached hydrogen (secondary N) is 1. The van der Waals surface area contributed by atoms with Gasteiger partial charge in [-0.15, -0.1) is 35.7 Å². The van der Waals surface area contributed by atoms with Gasteiger partial charge in [0.2, 0.25) is 0 Å². The molecule has 0 aliphatic heterocycles. The fourth-order valence-electron chi connectivity index (χ4n) is 1.63. The Labute approximate surface area is 208 Å². The first-order valence-electron chi connectivity index (χ1n) is 8.29. The van der Waals surface area contributed by atoms with Crippen LogP contribution in [0.4, 0.5) is 4.79 Å². The number of benzene rings is 2. The second kappa shape index (κ2) is 24.1. The van der Waals surface area contributed by atoms with Gasteiger partial charge in [0.15, 0.2) is 0 Å². The summed E-state index contributed by atoms with van der Waals surface area (Å²) < 4.78 is 10.9. The number of amides is 1. The van der Waals surface area contributed by atoms with Crippen molar-refractivity contribution in [3.8, 4) is 11.5 Å². The lowest BCUT2D eigenvalue weighted by molar-refractivity contribution is -0.131. The summed E-state index contributed by atoms with van der Waals surface area (Å²) in [6.45, 7) is 5.71. The molecule has 0 spiro atoms. The molecule has 1 amide bonds. The minimum absolute atomic E-state index is 0. The van der Waals surface area contributed by atoms with Crippen LogP contribution in [0.1, 0.15) is 19.4 Å². The van der Waals surface area contributed by atoms with Gasteiger partial charge < -0.3 is 14.8 Å². The van der Waals surface area contributed by atoms with E-state index >= 15 is 0 Å². The van der Waals surface area contributed by atoms with E-state index in [9.17, 15) is 9.59 Å². The number of hydrogen-bond acceptors (Lipinski definition) is 4. The van der Waals surface area contributed by atoms with Gasteiger partial charge in [-0.1, -0.05) is 38.3 Å². The molecular formula is C18H32INO4P6. The third kappa shape index (κ3) is 19.2. The minimum atomic E-state index is -0.411. The average molecular weight is 639 g/mol. The van der Waals surface area contributed by atoms with E-state index in [1.165, 1.54) is 6.92 Å². The molecule has 1 N–H and O–H groups in total.